The number of hydrogen-bond donors (Lipinski definition) is 1. The maximum Gasteiger partial charge on any atom is 0.265 e. The second-order valence-electron chi connectivity index (χ2n) is 6.65. The maximum absolute atomic E-state index is 12.8. The molecule has 4 rings (SSSR count). The van der Waals surface area contributed by atoms with Crippen molar-refractivity contribution in [1.29, 1.82) is 0 Å². The third-order valence-electron chi connectivity index (χ3n) is 4.79. The number of carbonyl (C=O) groups is 1. The number of rotatable bonds is 5. The van der Waals surface area contributed by atoms with Gasteiger partial charge in [0.25, 0.3) is 10.0 Å². The zero-order chi connectivity index (χ0) is 22.2. The smallest absolute Gasteiger partial charge is 0.265 e. The van der Waals surface area contributed by atoms with E-state index in [1.54, 1.807) is 43.6 Å². The van der Waals surface area contributed by atoms with Gasteiger partial charge in [-0.3, -0.25) is 9.10 Å². The second kappa shape index (κ2) is 7.73. The van der Waals surface area contributed by atoms with E-state index >= 15 is 0 Å². The molecule has 0 spiro atoms. The van der Waals surface area contributed by atoms with Crippen LogP contribution < -0.4 is 4.74 Å². The van der Waals surface area contributed by atoms with Crippen molar-refractivity contribution in [2.24, 2.45) is 0 Å². The first kappa shape index (κ1) is 20.4. The lowest BCUT2D eigenvalue weighted by Gasteiger charge is -2.27. The predicted octanol–water partition coefficient (Wildman–Crippen LogP) is 2.42. The van der Waals surface area contributed by atoms with E-state index in [9.17, 15) is 18.3 Å². The van der Waals surface area contributed by atoms with Gasteiger partial charge in [-0.2, -0.15) is 0 Å². The molecule has 10 heteroatoms. The van der Waals surface area contributed by atoms with Crippen LogP contribution in [-0.2, 0) is 14.8 Å². The molecule has 1 aromatic heterocycles. The summed E-state index contributed by atoms with van der Waals surface area (Å²) in [6, 6.07) is 13.2. The molecule has 2 heterocycles. The van der Waals surface area contributed by atoms with E-state index < -0.39 is 21.6 Å². The van der Waals surface area contributed by atoms with Crippen molar-refractivity contribution >= 4 is 27.6 Å². The van der Waals surface area contributed by atoms with Crippen LogP contribution in [0.25, 0.3) is 17.5 Å². The van der Waals surface area contributed by atoms with Crippen molar-refractivity contribution in [1.82, 2.24) is 19.3 Å². The third-order valence-corrected chi connectivity index (χ3v) is 6.60. The van der Waals surface area contributed by atoms with Gasteiger partial charge in [0.15, 0.2) is 5.76 Å². The molecule has 0 bridgehead atoms. The Morgan fingerprint density at radius 1 is 1.16 bits per heavy atom. The second-order valence-corrected chi connectivity index (χ2v) is 8.59. The fraction of sp³-hybridized carbons (Fsp3) is 0.0952. The molecule has 2 aromatic carbocycles. The van der Waals surface area contributed by atoms with E-state index in [0.717, 1.165) is 10.4 Å². The first-order valence-electron chi connectivity index (χ1n) is 9.13. The largest absolute Gasteiger partial charge is 0.505 e. The standard InChI is InChI=1S/C21H18N4O5S/c1-24-20(21(27)17-8-3-4-9-19(17)31(24,28)29)18(26)11-10-14-13-25(23-22-14)15-6-5-7-16(12-15)30-2/h3-13,27H,1-2H3/b11-10+. The summed E-state index contributed by atoms with van der Waals surface area (Å²) >= 11 is 0. The first-order valence-corrected chi connectivity index (χ1v) is 10.6. The minimum absolute atomic E-state index is 0.0586. The lowest BCUT2D eigenvalue weighted by atomic mass is 10.1. The number of carbonyl (C=O) groups excluding carboxylic acids is 1. The van der Waals surface area contributed by atoms with Crippen molar-refractivity contribution in [2.45, 2.75) is 4.90 Å². The van der Waals surface area contributed by atoms with Crippen molar-refractivity contribution in [3.05, 3.63) is 77.8 Å². The minimum atomic E-state index is -3.95. The summed E-state index contributed by atoms with van der Waals surface area (Å²) < 4.78 is 32.9. The van der Waals surface area contributed by atoms with Crippen LogP contribution in [0.3, 0.4) is 0 Å². The molecule has 9 nitrogen and oxygen atoms in total. The number of hydrogen-bond acceptors (Lipinski definition) is 7. The summed E-state index contributed by atoms with van der Waals surface area (Å²) in [6.07, 6.45) is 4.14. The van der Waals surface area contributed by atoms with Crippen molar-refractivity contribution in [2.75, 3.05) is 14.2 Å². The van der Waals surface area contributed by atoms with Gasteiger partial charge in [-0.25, -0.2) is 13.1 Å². The Morgan fingerprint density at radius 2 is 1.94 bits per heavy atom. The molecular formula is C21H18N4O5S. The topological polar surface area (TPSA) is 115 Å². The van der Waals surface area contributed by atoms with Gasteiger partial charge in [0.2, 0.25) is 5.78 Å². The Balaban J connectivity index is 1.64. The molecule has 158 valence electrons. The summed E-state index contributed by atoms with van der Waals surface area (Å²) in [5, 5.41) is 18.6. The van der Waals surface area contributed by atoms with Gasteiger partial charge >= 0.3 is 0 Å². The maximum atomic E-state index is 12.8. The average molecular weight is 438 g/mol. The Hall–Kier alpha value is -3.92. The number of ether oxygens (including phenoxy) is 1. The summed E-state index contributed by atoms with van der Waals surface area (Å²) in [4.78, 5) is 12.7. The molecule has 31 heavy (non-hydrogen) atoms. The summed E-state index contributed by atoms with van der Waals surface area (Å²) in [5.41, 5.74) is 0.835. The molecule has 0 saturated carbocycles. The van der Waals surface area contributed by atoms with Crippen LogP contribution in [0, 0.1) is 0 Å². The summed E-state index contributed by atoms with van der Waals surface area (Å²) in [7, 11) is -1.17. The van der Waals surface area contributed by atoms with Crippen molar-refractivity contribution in [3.8, 4) is 11.4 Å². The van der Waals surface area contributed by atoms with Crippen molar-refractivity contribution in [3.63, 3.8) is 0 Å². The van der Waals surface area contributed by atoms with Gasteiger partial charge in [0.05, 0.1) is 23.9 Å². The first-order chi connectivity index (χ1) is 14.8. The molecule has 1 N–H and O–H groups in total. The third kappa shape index (κ3) is 3.57. The number of aliphatic hydroxyl groups excluding tert-OH is 1. The van der Waals surface area contributed by atoms with Crippen LogP contribution in [0.4, 0.5) is 0 Å². The van der Waals surface area contributed by atoms with Gasteiger partial charge < -0.3 is 9.84 Å². The Kier molecular flexibility index (Phi) is 5.07. The number of fused-ring (bicyclic) bond motifs is 1. The molecule has 3 aromatic rings. The van der Waals surface area contributed by atoms with E-state index in [0.29, 0.717) is 17.1 Å². The Labute approximate surface area is 178 Å². The molecule has 0 atom stereocenters. The quantitative estimate of drug-likeness (QED) is 0.609. The molecular weight excluding hydrogens is 420 g/mol. The number of sulfonamides is 1. The van der Waals surface area contributed by atoms with E-state index in [-0.39, 0.29) is 16.2 Å². The molecule has 1 aliphatic rings. The van der Waals surface area contributed by atoms with Gasteiger partial charge in [-0.1, -0.05) is 23.4 Å². The molecule has 0 fully saturated rings. The number of aliphatic hydroxyl groups is 1. The molecule has 0 radical (unpaired) electrons. The Morgan fingerprint density at radius 3 is 2.71 bits per heavy atom. The monoisotopic (exact) mass is 438 g/mol. The molecule has 0 saturated heterocycles. The zero-order valence-corrected chi connectivity index (χ0v) is 17.4. The number of likely N-dealkylation sites (N-methyl/N-ethyl adjacent to an activating group) is 1. The van der Waals surface area contributed by atoms with Crippen LogP contribution in [0.1, 0.15) is 11.3 Å². The fourth-order valence-electron chi connectivity index (χ4n) is 3.18. The number of methoxy groups -OCH3 is 1. The van der Waals surface area contributed by atoms with E-state index in [4.69, 9.17) is 4.74 Å². The normalized spacial score (nSPS) is 15.2. The Bertz CT molecular complexity index is 1340. The number of aromatic nitrogens is 3. The van der Waals surface area contributed by atoms with Crippen molar-refractivity contribution < 1.29 is 23.1 Å². The van der Waals surface area contributed by atoms with Crippen LogP contribution in [0.2, 0.25) is 0 Å². The minimum Gasteiger partial charge on any atom is -0.505 e. The summed E-state index contributed by atoms with van der Waals surface area (Å²) in [6.45, 7) is 0. The highest BCUT2D eigenvalue weighted by atomic mass is 32.2. The fourth-order valence-corrected chi connectivity index (χ4v) is 4.58. The molecule has 0 unspecified atom stereocenters. The lowest BCUT2D eigenvalue weighted by Crippen LogP contribution is -2.34. The number of allylic oxidation sites excluding steroid dienone is 1. The van der Waals surface area contributed by atoms with E-state index in [2.05, 4.69) is 10.3 Å². The molecule has 0 amide bonds. The highest BCUT2D eigenvalue weighted by Crippen LogP contribution is 2.34. The number of ketones is 1. The highest BCUT2D eigenvalue weighted by Gasteiger charge is 2.36. The highest BCUT2D eigenvalue weighted by molar-refractivity contribution is 7.89. The SMILES string of the molecule is COc1cccc(-n2cc(/C=C/C(=O)C3=C(O)c4ccccc4S(=O)(=O)N3C)nn2)c1. The molecule has 1 aliphatic heterocycles. The van der Waals surface area contributed by atoms with Gasteiger partial charge in [0.1, 0.15) is 17.1 Å². The number of nitrogens with zero attached hydrogens (tertiary/aromatic N) is 4. The van der Waals surface area contributed by atoms with Crippen LogP contribution in [-0.4, -0.2) is 52.8 Å². The van der Waals surface area contributed by atoms with Crippen LogP contribution >= 0.6 is 0 Å². The lowest BCUT2D eigenvalue weighted by molar-refractivity contribution is -0.112. The van der Waals surface area contributed by atoms with Crippen LogP contribution in [0.15, 0.2) is 71.4 Å². The predicted molar refractivity (Wildman–Crippen MR) is 113 cm³/mol. The zero-order valence-electron chi connectivity index (χ0n) is 16.6. The van der Waals surface area contributed by atoms with E-state index in [1.807, 2.05) is 6.07 Å². The van der Waals surface area contributed by atoms with Crippen LogP contribution in [0.5, 0.6) is 5.75 Å². The van der Waals surface area contributed by atoms with E-state index in [1.165, 1.54) is 29.9 Å². The van der Waals surface area contributed by atoms with Gasteiger partial charge in [-0.05, 0) is 36.4 Å². The van der Waals surface area contributed by atoms with Gasteiger partial charge in [0, 0.05) is 18.7 Å². The number of benzene rings is 2. The average Bonchev–Trinajstić information content (AvgIpc) is 3.26. The molecule has 0 aliphatic carbocycles. The summed E-state index contributed by atoms with van der Waals surface area (Å²) in [5.74, 6) is -0.430. The van der Waals surface area contributed by atoms with Gasteiger partial charge in [-0.15, -0.1) is 5.10 Å².